The van der Waals surface area contributed by atoms with Crippen molar-refractivity contribution in [2.75, 3.05) is 11.9 Å². The third-order valence-corrected chi connectivity index (χ3v) is 13.7. The average Bonchev–Trinajstić information content (AvgIpc) is 3.70. The number of aliphatic hydroxyl groups is 3. The van der Waals surface area contributed by atoms with Crippen molar-refractivity contribution >= 4 is 23.4 Å². The maximum atomic E-state index is 15.0. The Labute approximate surface area is 346 Å². The molecule has 5 aliphatic rings. The van der Waals surface area contributed by atoms with E-state index in [-0.39, 0.29) is 66.9 Å². The lowest BCUT2D eigenvalue weighted by molar-refractivity contribution is -0.170. The summed E-state index contributed by atoms with van der Waals surface area (Å²) in [5.74, 6) is 4.06. The molecule has 310 valence electrons. The third kappa shape index (κ3) is 8.57. The molecular formula is C49H55NO9. The molecule has 0 radical (unpaired) electrons. The number of phenols is 1. The van der Waals surface area contributed by atoms with Crippen molar-refractivity contribution < 1.29 is 44.3 Å². The Morgan fingerprint density at radius 2 is 1.76 bits per heavy atom. The molecular weight excluding hydrogens is 747 g/mol. The normalized spacial score (nSPS) is 29.1. The summed E-state index contributed by atoms with van der Waals surface area (Å²) in [6.45, 7) is 3.39. The van der Waals surface area contributed by atoms with E-state index in [4.69, 9.17) is 9.47 Å². The Balaban J connectivity index is 1.32. The van der Waals surface area contributed by atoms with Gasteiger partial charge in [0.2, 0.25) is 0 Å². The molecule has 3 aromatic carbocycles. The number of carbonyl (C=O) groups excluding carboxylic acids is 3. The van der Waals surface area contributed by atoms with E-state index in [0.717, 1.165) is 36.8 Å². The van der Waals surface area contributed by atoms with Gasteiger partial charge < -0.3 is 35.2 Å². The lowest BCUT2D eigenvalue weighted by Gasteiger charge is -2.42. The Morgan fingerprint density at radius 3 is 2.54 bits per heavy atom. The number of fused-ring (bicyclic) bond motifs is 9. The van der Waals surface area contributed by atoms with Gasteiger partial charge in [-0.3, -0.25) is 9.59 Å². The van der Waals surface area contributed by atoms with E-state index in [1.807, 2.05) is 24.3 Å². The van der Waals surface area contributed by atoms with Gasteiger partial charge in [-0.05, 0) is 116 Å². The van der Waals surface area contributed by atoms with Gasteiger partial charge >= 0.3 is 11.9 Å². The molecule has 7 atom stereocenters. The van der Waals surface area contributed by atoms with Crippen molar-refractivity contribution in [2.45, 2.75) is 133 Å². The number of hydrogen-bond acceptors (Lipinski definition) is 10. The predicted molar refractivity (Wildman–Crippen MR) is 222 cm³/mol. The zero-order valence-corrected chi connectivity index (χ0v) is 34.0. The van der Waals surface area contributed by atoms with Gasteiger partial charge in [0.1, 0.15) is 29.0 Å². The van der Waals surface area contributed by atoms with E-state index >= 15 is 0 Å². The second-order valence-electron chi connectivity index (χ2n) is 17.9. The minimum atomic E-state index is -1.60. The van der Waals surface area contributed by atoms with E-state index in [0.29, 0.717) is 60.1 Å². The van der Waals surface area contributed by atoms with Crippen molar-refractivity contribution in [1.29, 1.82) is 0 Å². The number of phenolic OH excluding ortho intramolecular Hbond substituents is 1. The molecule has 0 amide bonds. The zero-order chi connectivity index (χ0) is 41.5. The lowest BCUT2D eigenvalue weighted by Crippen LogP contribution is -2.52. The first-order valence-corrected chi connectivity index (χ1v) is 21.3. The van der Waals surface area contributed by atoms with Gasteiger partial charge in [0.05, 0.1) is 25.0 Å². The number of aromatic hydroxyl groups is 1. The van der Waals surface area contributed by atoms with E-state index < -0.39 is 41.6 Å². The molecule has 2 saturated carbocycles. The minimum absolute atomic E-state index is 0.0207. The van der Waals surface area contributed by atoms with E-state index in [1.165, 1.54) is 11.6 Å². The number of benzene rings is 3. The van der Waals surface area contributed by atoms with Crippen LogP contribution in [0.5, 0.6) is 11.5 Å². The molecule has 0 saturated heterocycles. The number of esters is 2. The summed E-state index contributed by atoms with van der Waals surface area (Å²) in [5, 5.41) is 47.8. The van der Waals surface area contributed by atoms with Crippen LogP contribution in [0.1, 0.15) is 123 Å². The topological polar surface area (TPSA) is 163 Å². The summed E-state index contributed by atoms with van der Waals surface area (Å²) in [4.78, 5) is 41.5. The monoisotopic (exact) mass is 801 g/mol. The van der Waals surface area contributed by atoms with Crippen LogP contribution in [0, 0.1) is 23.7 Å². The Kier molecular flexibility index (Phi) is 11.5. The van der Waals surface area contributed by atoms with Gasteiger partial charge in [-0.15, -0.1) is 0 Å². The van der Waals surface area contributed by atoms with Gasteiger partial charge in [-0.2, -0.15) is 0 Å². The molecule has 10 heteroatoms. The Bertz CT molecular complexity index is 2220. The highest BCUT2D eigenvalue weighted by Gasteiger charge is 2.47. The molecule has 0 unspecified atom stereocenters. The highest BCUT2D eigenvalue weighted by Crippen LogP contribution is 2.47. The number of ketones is 1. The molecule has 8 rings (SSSR count). The molecule has 5 N–H and O–H groups in total. The van der Waals surface area contributed by atoms with Gasteiger partial charge in [0.25, 0.3) is 0 Å². The van der Waals surface area contributed by atoms with Crippen LogP contribution in [0.4, 0.5) is 5.69 Å². The van der Waals surface area contributed by atoms with Gasteiger partial charge in [0.15, 0.2) is 0 Å². The summed E-state index contributed by atoms with van der Waals surface area (Å²) in [6.07, 6.45) is 6.58. The van der Waals surface area contributed by atoms with Crippen molar-refractivity contribution in [3.63, 3.8) is 0 Å². The highest BCUT2D eigenvalue weighted by molar-refractivity contribution is 5.89. The number of anilines is 1. The van der Waals surface area contributed by atoms with Crippen LogP contribution in [-0.4, -0.2) is 62.5 Å². The van der Waals surface area contributed by atoms with Crippen LogP contribution in [0.2, 0.25) is 0 Å². The average molecular weight is 802 g/mol. The first-order valence-electron chi connectivity index (χ1n) is 21.3. The second kappa shape index (κ2) is 16.6. The fourth-order valence-corrected chi connectivity index (χ4v) is 10.2. The first-order chi connectivity index (χ1) is 28.3. The van der Waals surface area contributed by atoms with Crippen LogP contribution in [0.3, 0.4) is 0 Å². The maximum absolute atomic E-state index is 15.0. The van der Waals surface area contributed by atoms with Crippen molar-refractivity contribution in [1.82, 2.24) is 0 Å². The van der Waals surface area contributed by atoms with Crippen LogP contribution in [0.25, 0.3) is 0 Å². The number of Topliss-reactive ketones (excluding diaryl/α,β-unsaturated/α-hetero) is 1. The molecule has 10 nitrogen and oxygen atoms in total. The summed E-state index contributed by atoms with van der Waals surface area (Å²) < 4.78 is 12.2. The molecule has 8 bridgehead atoms. The van der Waals surface area contributed by atoms with Crippen molar-refractivity contribution in [3.8, 4) is 23.3 Å². The Morgan fingerprint density at radius 1 is 0.966 bits per heavy atom. The van der Waals surface area contributed by atoms with Gasteiger partial charge in [0, 0.05) is 54.1 Å². The highest BCUT2D eigenvalue weighted by atomic mass is 16.6. The number of nitrogens with one attached hydrogen (secondary N) is 1. The number of allylic oxidation sites excluding steroid dienone is 1. The van der Waals surface area contributed by atoms with Crippen LogP contribution >= 0.6 is 0 Å². The van der Waals surface area contributed by atoms with Crippen LogP contribution < -0.4 is 10.1 Å². The smallest absolute Gasteiger partial charge is 0.334 e. The largest absolute Gasteiger partial charge is 0.508 e. The summed E-state index contributed by atoms with van der Waals surface area (Å²) >= 11 is 0. The SMILES string of the molecule is C[C@H](O)CNc1cc(CO)cc([C@H]2C#C[C@H]3CC(=O)Oc4cc(O)c(cc43)C[C@H]3OC(=O)/C(=C\CC4(CCCC4)c4cccc(c4)C[C@@H]4C[C@@H](CCC4=O)[C@]3(C)O)C2)c1. The molecule has 3 aliphatic heterocycles. The molecule has 0 aromatic heterocycles. The van der Waals surface area contributed by atoms with Gasteiger partial charge in [-0.1, -0.05) is 61.1 Å². The second-order valence-corrected chi connectivity index (χ2v) is 17.9. The number of rotatable bonds is 5. The molecule has 3 aromatic rings. The number of ether oxygens (including phenoxy) is 2. The third-order valence-electron chi connectivity index (χ3n) is 13.7. The lowest BCUT2D eigenvalue weighted by atomic mass is 9.68. The Hall–Kier alpha value is -4.95. The molecule has 2 aliphatic carbocycles. The van der Waals surface area contributed by atoms with Crippen molar-refractivity contribution in [2.24, 2.45) is 11.8 Å². The van der Waals surface area contributed by atoms with E-state index in [2.05, 4.69) is 41.4 Å². The van der Waals surface area contributed by atoms with E-state index in [1.54, 1.807) is 19.9 Å². The summed E-state index contributed by atoms with van der Waals surface area (Å²) in [5.41, 5.74) is 3.89. The summed E-state index contributed by atoms with van der Waals surface area (Å²) in [7, 11) is 0. The fraction of sp³-hybridized carbons (Fsp3) is 0.490. The molecule has 1 spiro atoms. The molecule has 59 heavy (non-hydrogen) atoms. The molecule has 3 heterocycles. The first kappa shape index (κ1) is 40.8. The summed E-state index contributed by atoms with van der Waals surface area (Å²) in [6, 6.07) is 17.3. The van der Waals surface area contributed by atoms with E-state index in [9.17, 15) is 34.8 Å². The molecule has 2 fully saturated rings. The number of aliphatic hydroxyl groups excluding tert-OH is 2. The van der Waals surface area contributed by atoms with Crippen molar-refractivity contribution in [3.05, 3.63) is 99.6 Å². The van der Waals surface area contributed by atoms with Crippen LogP contribution in [-0.2, 0) is 44.0 Å². The quantitative estimate of drug-likeness (QED) is 0.105. The minimum Gasteiger partial charge on any atom is -0.508 e. The maximum Gasteiger partial charge on any atom is 0.334 e. The predicted octanol–water partition coefficient (Wildman–Crippen LogP) is 6.84. The zero-order valence-electron chi connectivity index (χ0n) is 34.0. The fourth-order valence-electron chi connectivity index (χ4n) is 10.2. The number of carbonyl (C=O) groups is 3. The number of hydrogen-bond donors (Lipinski definition) is 5. The van der Waals surface area contributed by atoms with Gasteiger partial charge in [-0.25, -0.2) is 4.79 Å². The standard InChI is InChI=1S/C49H55NO9/c1-29(52)27-50-40-19-31(28-51)17-35(22-40)32-8-9-33-25-46(55)58-44-26-43(54)37(23-41(33)44)24-45-48(2,57)38-10-11-42(53)36(21-38)16-30-6-5-7-39(18-30)49(13-3-4-14-49)15-12-34(20-32)47(56)59-45/h5-7,12,17-19,22-23,26,29,32-33,36,38,45,50-52,54,57H,3-4,10-11,13-16,20-21,24-25,27-28H2,1-2H3/b34-12-/t29-,32-,33-,36+,38+,45+,48-/m0/s1. The van der Waals surface area contributed by atoms with Crippen LogP contribution in [0.15, 0.2) is 66.2 Å².